The summed E-state index contributed by atoms with van der Waals surface area (Å²) in [5.74, 6) is 0.403. The molecular formula is C14H18Cl2FN. The van der Waals surface area contributed by atoms with Crippen molar-refractivity contribution in [1.82, 2.24) is 4.90 Å². The van der Waals surface area contributed by atoms with Crippen LogP contribution in [0.5, 0.6) is 0 Å². The second kappa shape index (κ2) is 6.74. The van der Waals surface area contributed by atoms with Gasteiger partial charge < -0.3 is 0 Å². The molecule has 0 aliphatic heterocycles. The Morgan fingerprint density at radius 2 is 2.11 bits per heavy atom. The summed E-state index contributed by atoms with van der Waals surface area (Å²) in [5, 5.41) is 0.519. The zero-order chi connectivity index (χ0) is 13.0. The topological polar surface area (TPSA) is 3.24 Å². The molecule has 0 radical (unpaired) electrons. The van der Waals surface area contributed by atoms with E-state index < -0.39 is 0 Å². The third-order valence-electron chi connectivity index (χ3n) is 3.56. The van der Waals surface area contributed by atoms with Crippen molar-refractivity contribution >= 4 is 23.2 Å². The zero-order valence-corrected chi connectivity index (χ0v) is 11.9. The van der Waals surface area contributed by atoms with Crippen molar-refractivity contribution in [2.24, 2.45) is 0 Å². The highest BCUT2D eigenvalue weighted by atomic mass is 35.5. The van der Waals surface area contributed by atoms with Gasteiger partial charge in [0, 0.05) is 23.5 Å². The Morgan fingerprint density at radius 1 is 1.33 bits per heavy atom. The van der Waals surface area contributed by atoms with Gasteiger partial charge in [-0.15, -0.1) is 11.6 Å². The summed E-state index contributed by atoms with van der Waals surface area (Å²) in [6.45, 7) is 1.78. The van der Waals surface area contributed by atoms with Gasteiger partial charge in [-0.05, 0) is 43.5 Å². The van der Waals surface area contributed by atoms with E-state index in [1.54, 1.807) is 6.07 Å². The summed E-state index contributed by atoms with van der Waals surface area (Å²) in [7, 11) is 0. The molecule has 2 rings (SSSR count). The lowest BCUT2D eigenvalue weighted by molar-refractivity contribution is 0.120. The van der Waals surface area contributed by atoms with Crippen molar-refractivity contribution in [3.63, 3.8) is 0 Å². The maximum Gasteiger partial charge on any atom is 0.124 e. The molecule has 0 saturated heterocycles. The second-order valence-electron chi connectivity index (χ2n) is 4.83. The number of hydrogen-bond acceptors (Lipinski definition) is 1. The molecule has 0 unspecified atom stereocenters. The van der Waals surface area contributed by atoms with E-state index in [0.717, 1.165) is 25.1 Å². The van der Waals surface area contributed by atoms with E-state index in [2.05, 4.69) is 4.90 Å². The van der Waals surface area contributed by atoms with Crippen LogP contribution in [0.4, 0.5) is 4.39 Å². The van der Waals surface area contributed by atoms with E-state index in [-0.39, 0.29) is 5.82 Å². The highest BCUT2D eigenvalue weighted by molar-refractivity contribution is 6.31. The van der Waals surface area contributed by atoms with Gasteiger partial charge in [0.1, 0.15) is 5.82 Å². The first-order valence-corrected chi connectivity index (χ1v) is 7.36. The predicted octanol–water partition coefficient (Wildman–Crippen LogP) is 4.46. The number of nitrogens with zero attached hydrogens (tertiary/aromatic N) is 1. The fourth-order valence-electron chi connectivity index (χ4n) is 2.27. The van der Waals surface area contributed by atoms with Crippen LogP contribution >= 0.6 is 23.2 Å². The molecule has 4 heteroatoms. The van der Waals surface area contributed by atoms with E-state index >= 15 is 0 Å². The maximum atomic E-state index is 13.0. The second-order valence-corrected chi connectivity index (χ2v) is 5.62. The minimum absolute atomic E-state index is 0.278. The van der Waals surface area contributed by atoms with Gasteiger partial charge in [-0.25, -0.2) is 4.39 Å². The first-order chi connectivity index (χ1) is 8.70. The summed E-state index contributed by atoms with van der Waals surface area (Å²) in [5.41, 5.74) is 1.000. The molecule has 1 aliphatic rings. The molecule has 1 aliphatic carbocycles. The lowest BCUT2D eigenvalue weighted by Crippen LogP contribution is -2.40. The minimum atomic E-state index is -0.278. The van der Waals surface area contributed by atoms with Crippen LogP contribution in [0.2, 0.25) is 5.02 Å². The third kappa shape index (κ3) is 3.59. The number of rotatable bonds is 6. The monoisotopic (exact) mass is 289 g/mol. The lowest BCUT2D eigenvalue weighted by atomic mass is 9.91. The fraction of sp³-hybridized carbons (Fsp3) is 0.571. The Kier molecular flexibility index (Phi) is 5.28. The van der Waals surface area contributed by atoms with Crippen molar-refractivity contribution in [2.45, 2.75) is 38.3 Å². The summed E-state index contributed by atoms with van der Waals surface area (Å²) in [6.07, 6.45) is 4.79. The smallest absolute Gasteiger partial charge is 0.124 e. The van der Waals surface area contributed by atoms with Gasteiger partial charge in [0.05, 0.1) is 0 Å². The van der Waals surface area contributed by atoms with Gasteiger partial charge in [0.25, 0.3) is 0 Å². The minimum Gasteiger partial charge on any atom is -0.296 e. The van der Waals surface area contributed by atoms with Gasteiger partial charge in [-0.3, -0.25) is 4.90 Å². The third-order valence-corrected chi connectivity index (χ3v) is 4.18. The number of hydrogen-bond donors (Lipinski definition) is 0. The zero-order valence-electron chi connectivity index (χ0n) is 10.3. The van der Waals surface area contributed by atoms with Gasteiger partial charge in [-0.2, -0.15) is 0 Å². The van der Waals surface area contributed by atoms with E-state index in [9.17, 15) is 4.39 Å². The van der Waals surface area contributed by atoms with Crippen molar-refractivity contribution in [3.05, 3.63) is 34.6 Å². The van der Waals surface area contributed by atoms with Crippen LogP contribution < -0.4 is 0 Å². The summed E-state index contributed by atoms with van der Waals surface area (Å²) in [6, 6.07) is 5.29. The highest BCUT2D eigenvalue weighted by Gasteiger charge is 2.24. The van der Waals surface area contributed by atoms with E-state index in [1.807, 2.05) is 0 Å². The van der Waals surface area contributed by atoms with Gasteiger partial charge in [0.2, 0.25) is 0 Å². The van der Waals surface area contributed by atoms with Crippen LogP contribution in [0.15, 0.2) is 18.2 Å². The molecule has 0 N–H and O–H groups in total. The summed E-state index contributed by atoms with van der Waals surface area (Å²) >= 11 is 11.8. The molecule has 0 spiro atoms. The van der Waals surface area contributed by atoms with Crippen molar-refractivity contribution < 1.29 is 4.39 Å². The van der Waals surface area contributed by atoms with Crippen LogP contribution in [0.25, 0.3) is 0 Å². The van der Waals surface area contributed by atoms with E-state index in [4.69, 9.17) is 23.2 Å². The van der Waals surface area contributed by atoms with Crippen molar-refractivity contribution in [2.75, 3.05) is 12.4 Å². The number of alkyl halides is 1. The summed E-state index contributed by atoms with van der Waals surface area (Å²) in [4.78, 5) is 2.42. The Hall–Kier alpha value is -0.310. The molecule has 0 bridgehead atoms. The SMILES string of the molecule is Fc1ccc(CN(CCCCl)C2CCC2)c(Cl)c1. The molecule has 0 aromatic heterocycles. The van der Waals surface area contributed by atoms with Gasteiger partial charge in [-0.1, -0.05) is 24.1 Å². The molecule has 1 fully saturated rings. The molecule has 100 valence electrons. The Bertz CT molecular complexity index is 393. The molecule has 18 heavy (non-hydrogen) atoms. The lowest BCUT2D eigenvalue weighted by Gasteiger charge is -2.37. The maximum absolute atomic E-state index is 13.0. The van der Waals surface area contributed by atoms with Gasteiger partial charge in [0.15, 0.2) is 0 Å². The van der Waals surface area contributed by atoms with E-state index in [0.29, 0.717) is 16.9 Å². The van der Waals surface area contributed by atoms with Crippen LogP contribution in [0, 0.1) is 5.82 Å². The summed E-state index contributed by atoms with van der Waals surface area (Å²) < 4.78 is 13.0. The normalized spacial score (nSPS) is 16.0. The van der Waals surface area contributed by atoms with Crippen LogP contribution in [-0.4, -0.2) is 23.4 Å². The predicted molar refractivity (Wildman–Crippen MR) is 74.8 cm³/mol. The number of halogens is 3. The molecular weight excluding hydrogens is 272 g/mol. The average Bonchev–Trinajstić information content (AvgIpc) is 2.27. The number of benzene rings is 1. The van der Waals surface area contributed by atoms with E-state index in [1.165, 1.54) is 31.4 Å². The molecule has 1 nitrogen and oxygen atoms in total. The quantitative estimate of drug-likeness (QED) is 0.699. The average molecular weight is 290 g/mol. The Morgan fingerprint density at radius 3 is 2.67 bits per heavy atom. The molecule has 0 heterocycles. The van der Waals surface area contributed by atoms with Crippen molar-refractivity contribution in [1.29, 1.82) is 0 Å². The standard InChI is InChI=1S/C14H18Cl2FN/c15-7-2-8-18(13-3-1-4-13)10-11-5-6-12(17)9-14(11)16/h5-6,9,13H,1-4,7-8,10H2. The first-order valence-electron chi connectivity index (χ1n) is 6.44. The molecule has 1 saturated carbocycles. The highest BCUT2D eigenvalue weighted by Crippen LogP contribution is 2.28. The largest absolute Gasteiger partial charge is 0.296 e. The molecule has 0 atom stereocenters. The van der Waals surface area contributed by atoms with Crippen LogP contribution in [-0.2, 0) is 6.54 Å². The molecule has 0 amide bonds. The van der Waals surface area contributed by atoms with Gasteiger partial charge >= 0.3 is 0 Å². The van der Waals surface area contributed by atoms with Crippen LogP contribution in [0.1, 0.15) is 31.2 Å². The van der Waals surface area contributed by atoms with Crippen LogP contribution in [0.3, 0.4) is 0 Å². The van der Waals surface area contributed by atoms with Crippen molar-refractivity contribution in [3.8, 4) is 0 Å². The molecule has 1 aromatic rings. The first kappa shape index (κ1) is 14.1. The Balaban J connectivity index is 2.02. The Labute approximate surface area is 118 Å². The fourth-order valence-corrected chi connectivity index (χ4v) is 2.62. The molecule has 1 aromatic carbocycles.